The second-order valence-corrected chi connectivity index (χ2v) is 37.7. The van der Waals surface area contributed by atoms with Crippen LogP contribution in [-0.4, -0.2) is 44.9 Å². The lowest BCUT2D eigenvalue weighted by Crippen LogP contribution is -2.15. The topological polar surface area (TPSA) is 116 Å². The minimum absolute atomic E-state index is 0.114. The zero-order valence-corrected chi connectivity index (χ0v) is 78.1. The molecule has 0 N–H and O–H groups in total. The van der Waals surface area contributed by atoms with E-state index in [2.05, 4.69) is 457 Å². The van der Waals surface area contributed by atoms with Gasteiger partial charge in [-0.2, -0.15) is 0 Å². The SMILES string of the molecule is CC1(C)c2ccccc2-c2ccc(-c3nc(-c4ccccc4)nc(-c4cccc5ccc6c7ccccc7ccc6c45)n3)cc21.c1ccc(-c2nc(-c3ccc4c(ccc5ccccc54)c3)nc(-c3cccc4ccc5c6ccccc6ccc5c34)n2)cc1.c1ccc2cc(-c3nc(-c4ccc5ccccc5c4)nc(-c4ccc(-c5cccc6ccc7c8ccccc8ccc7c56)c5ccccc45)n3)ccc2c1. The first-order valence-corrected chi connectivity index (χ1v) is 48.7. The quantitative estimate of drug-likeness (QED) is 0.123. The summed E-state index contributed by atoms with van der Waals surface area (Å²) in [6.07, 6.45) is 0. The van der Waals surface area contributed by atoms with Crippen LogP contribution in [0.1, 0.15) is 25.0 Å². The number of aromatic nitrogens is 9. The van der Waals surface area contributed by atoms with E-state index >= 15 is 0 Å². The molecule has 0 bridgehead atoms. The van der Waals surface area contributed by atoms with Gasteiger partial charge in [0.1, 0.15) is 0 Å². The molecule has 9 nitrogen and oxygen atoms in total. The molecule has 0 amide bonds. The van der Waals surface area contributed by atoms with Crippen molar-refractivity contribution in [3.05, 3.63) is 490 Å². The summed E-state index contributed by atoms with van der Waals surface area (Å²) < 4.78 is 0. The summed E-state index contributed by atoms with van der Waals surface area (Å²) in [5.74, 6) is 5.95. The second kappa shape index (κ2) is 34.4. The summed E-state index contributed by atoms with van der Waals surface area (Å²) in [6, 6.07) is 170. The predicted octanol–water partition coefficient (Wildman–Crippen LogP) is 34.7. The number of nitrogens with zero attached hydrogens (tertiary/aromatic N) is 9. The highest BCUT2D eigenvalue weighted by Crippen LogP contribution is 2.51. The molecule has 28 aromatic rings. The van der Waals surface area contributed by atoms with Crippen LogP contribution >= 0.6 is 0 Å². The molecule has 0 fully saturated rings. The molecule has 9 heteroatoms. The Morgan fingerprint density at radius 3 is 0.853 bits per heavy atom. The molecule has 0 unspecified atom stereocenters. The second-order valence-electron chi connectivity index (χ2n) is 37.7. The smallest absolute Gasteiger partial charge is 0.164 e. The van der Waals surface area contributed by atoms with E-state index in [9.17, 15) is 0 Å². The highest BCUT2D eigenvalue weighted by Gasteiger charge is 2.36. The van der Waals surface area contributed by atoms with Crippen LogP contribution in [0.15, 0.2) is 479 Å². The fourth-order valence-corrected chi connectivity index (χ4v) is 22.0. The fourth-order valence-electron chi connectivity index (χ4n) is 22.0. The standard InChI is InChI=1S/C51H31N3.C42H29N3.C41H25N3/c1-3-13-36-30-38(22-20-32(36)10-1)49-52-50(39-23-21-33-11-2-4-14-37(33)31-39)54-51(53-49)47-29-28-44(41-17-7-8-18-42(41)47)45-19-9-15-35-25-26-43-40-16-6-5-12-34(40)24-27-46(43)48(35)45;1-42(2)36-18-9-8-16-32(36)33-23-21-29(25-37(33)42)40-43-39(28-12-4-3-5-13-28)44-41(45-40)35-17-10-14-27-20-22-31-30-15-7-6-11-26(30)19-24-34(31)38(27)35;1-2-11-29(12-3-1)39-42-40(31-21-22-34-30(25-31)18-17-26-9-4-6-14-32(26)34)44-41(43-39)37-16-8-13-28-20-23-35-33-15-7-5-10-27(33)19-24-36(35)38(28)37/h1-31H;3-25H,1-2H3;1-25H. The van der Waals surface area contributed by atoms with Crippen molar-refractivity contribution in [1.82, 2.24) is 44.9 Å². The zero-order chi connectivity index (χ0) is 94.7. The number of hydrogen-bond acceptors (Lipinski definition) is 9. The van der Waals surface area contributed by atoms with Crippen LogP contribution in [0, 0.1) is 0 Å². The van der Waals surface area contributed by atoms with E-state index in [4.69, 9.17) is 44.9 Å². The van der Waals surface area contributed by atoms with E-state index < -0.39 is 0 Å². The van der Waals surface area contributed by atoms with Gasteiger partial charge >= 0.3 is 0 Å². The molecule has 0 atom stereocenters. The molecule has 0 saturated carbocycles. The van der Waals surface area contributed by atoms with Gasteiger partial charge in [-0.15, -0.1) is 0 Å². The zero-order valence-electron chi connectivity index (χ0n) is 78.1. The van der Waals surface area contributed by atoms with Crippen LogP contribution in [0.5, 0.6) is 0 Å². The first kappa shape index (κ1) is 83.5. The van der Waals surface area contributed by atoms with Crippen LogP contribution in [0.25, 0.3) is 276 Å². The minimum atomic E-state index is -0.114. The Morgan fingerprint density at radius 1 is 0.126 bits per heavy atom. The molecule has 0 aliphatic heterocycles. The van der Waals surface area contributed by atoms with Crippen LogP contribution < -0.4 is 0 Å². The summed E-state index contributed by atoms with van der Waals surface area (Å²) in [4.78, 5) is 46.3. The van der Waals surface area contributed by atoms with Crippen LogP contribution in [0.2, 0.25) is 0 Å². The predicted molar refractivity (Wildman–Crippen MR) is 596 cm³/mol. The molecular formula is C134H85N9. The third-order valence-electron chi connectivity index (χ3n) is 29.1. The molecule has 1 aliphatic rings. The van der Waals surface area contributed by atoms with Gasteiger partial charge < -0.3 is 0 Å². The van der Waals surface area contributed by atoms with Gasteiger partial charge in [0, 0.05) is 66.3 Å². The average molecular weight is 1820 g/mol. The largest absolute Gasteiger partial charge is 0.208 e. The third-order valence-corrected chi connectivity index (χ3v) is 29.1. The van der Waals surface area contributed by atoms with E-state index in [0.717, 1.165) is 98.5 Å². The molecule has 25 aromatic carbocycles. The highest BCUT2D eigenvalue weighted by atomic mass is 15.1. The number of rotatable bonds is 10. The van der Waals surface area contributed by atoms with Crippen molar-refractivity contribution in [3.8, 4) is 125 Å². The van der Waals surface area contributed by atoms with E-state index in [-0.39, 0.29) is 5.41 Å². The van der Waals surface area contributed by atoms with Crippen molar-refractivity contribution in [3.63, 3.8) is 0 Å². The average Bonchev–Trinajstić information content (AvgIpc) is 1.01. The van der Waals surface area contributed by atoms with Crippen molar-refractivity contribution in [2.75, 3.05) is 0 Å². The number of benzene rings is 25. The van der Waals surface area contributed by atoms with Gasteiger partial charge in [-0.1, -0.05) is 463 Å². The molecular weight excluding hydrogens is 1740 g/mol. The maximum absolute atomic E-state index is 5.22. The summed E-state index contributed by atoms with van der Waals surface area (Å²) in [6.45, 7) is 4.61. The van der Waals surface area contributed by atoms with Crippen molar-refractivity contribution in [2.24, 2.45) is 0 Å². The summed E-state index contributed by atoms with van der Waals surface area (Å²) in [5, 5.41) is 33.7. The van der Waals surface area contributed by atoms with Gasteiger partial charge in [-0.05, 0) is 204 Å². The van der Waals surface area contributed by atoms with Crippen LogP contribution in [0.3, 0.4) is 0 Å². The summed E-state index contributed by atoms with van der Waals surface area (Å²) in [5.41, 5.74) is 16.3. The highest BCUT2D eigenvalue weighted by molar-refractivity contribution is 6.25. The molecule has 143 heavy (non-hydrogen) atoms. The van der Waals surface area contributed by atoms with Crippen LogP contribution in [-0.2, 0) is 5.41 Å². The summed E-state index contributed by atoms with van der Waals surface area (Å²) in [7, 11) is 0. The van der Waals surface area contributed by atoms with E-state index in [1.54, 1.807) is 0 Å². The van der Waals surface area contributed by atoms with Gasteiger partial charge in [-0.3, -0.25) is 0 Å². The Labute approximate surface area is 824 Å². The third kappa shape index (κ3) is 14.7. The van der Waals surface area contributed by atoms with Gasteiger partial charge in [0.25, 0.3) is 0 Å². The van der Waals surface area contributed by atoms with E-state index in [0.29, 0.717) is 52.4 Å². The molecule has 0 spiro atoms. The normalized spacial score (nSPS) is 12.2. The Bertz CT molecular complexity index is 10000. The molecule has 3 heterocycles. The molecule has 3 aromatic heterocycles. The molecule has 1 aliphatic carbocycles. The number of fused-ring (bicyclic) bond motifs is 24. The molecule has 0 saturated heterocycles. The Hall–Kier alpha value is -18.8. The molecule has 29 rings (SSSR count). The van der Waals surface area contributed by atoms with Crippen molar-refractivity contribution < 1.29 is 0 Å². The Balaban J connectivity index is 0.000000108. The van der Waals surface area contributed by atoms with Crippen molar-refractivity contribution in [1.29, 1.82) is 0 Å². The Kier molecular flexibility index (Phi) is 20.1. The van der Waals surface area contributed by atoms with Gasteiger partial charge in [0.05, 0.1) is 0 Å². The maximum atomic E-state index is 5.22. The fraction of sp³-hybridized carbons (Fsp3) is 0.0224. The lowest BCUT2D eigenvalue weighted by Gasteiger charge is -2.21. The molecule has 0 radical (unpaired) electrons. The van der Waals surface area contributed by atoms with Crippen LogP contribution in [0.4, 0.5) is 0 Å². The van der Waals surface area contributed by atoms with Gasteiger partial charge in [0.2, 0.25) is 0 Å². The first-order valence-electron chi connectivity index (χ1n) is 48.7. The lowest BCUT2D eigenvalue weighted by atomic mass is 9.82. The monoisotopic (exact) mass is 1820 g/mol. The maximum Gasteiger partial charge on any atom is 0.164 e. The first-order chi connectivity index (χ1) is 70.6. The van der Waals surface area contributed by atoms with Crippen molar-refractivity contribution in [2.45, 2.75) is 19.3 Å². The number of hydrogen-bond donors (Lipinski definition) is 0. The van der Waals surface area contributed by atoms with Gasteiger partial charge in [0.15, 0.2) is 52.4 Å². The van der Waals surface area contributed by atoms with Gasteiger partial charge in [-0.25, -0.2) is 44.9 Å². The van der Waals surface area contributed by atoms with E-state index in [1.807, 2.05) is 36.4 Å². The van der Waals surface area contributed by atoms with Crippen molar-refractivity contribution >= 4 is 151 Å². The summed E-state index contributed by atoms with van der Waals surface area (Å²) >= 11 is 0. The Morgan fingerprint density at radius 2 is 0.385 bits per heavy atom. The lowest BCUT2D eigenvalue weighted by molar-refractivity contribution is 0.660. The minimum Gasteiger partial charge on any atom is -0.208 e. The van der Waals surface area contributed by atoms with E-state index in [1.165, 1.54) is 136 Å². The molecule has 666 valence electrons.